The Kier molecular flexibility index (Phi) is 4.58. The molecular formula is C19H21BrN2O3. The SMILES string of the molecule is COC(=O)C1=C(C)NC2=C(C(=O)CC(C)(C)C2)[C@H]1c1cccnc1Br. The number of carbonyl (C=O) groups is 2. The quantitative estimate of drug-likeness (QED) is 0.601. The van der Waals surface area contributed by atoms with Crippen LogP contribution >= 0.6 is 15.9 Å². The highest BCUT2D eigenvalue weighted by molar-refractivity contribution is 9.10. The second kappa shape index (κ2) is 6.41. The normalized spacial score (nSPS) is 22.4. The molecule has 1 aromatic heterocycles. The minimum Gasteiger partial charge on any atom is -0.466 e. The first kappa shape index (κ1) is 17.9. The van der Waals surface area contributed by atoms with Gasteiger partial charge in [0.15, 0.2) is 5.78 Å². The Morgan fingerprint density at radius 1 is 1.40 bits per heavy atom. The second-order valence-corrected chi connectivity index (χ2v) is 8.06. The molecule has 0 spiro atoms. The van der Waals surface area contributed by atoms with E-state index in [1.165, 1.54) is 7.11 Å². The Bertz CT molecular complexity index is 824. The molecule has 132 valence electrons. The van der Waals surface area contributed by atoms with Crippen molar-refractivity contribution in [1.29, 1.82) is 0 Å². The number of hydrogen-bond acceptors (Lipinski definition) is 5. The first-order valence-electron chi connectivity index (χ1n) is 8.18. The lowest BCUT2D eigenvalue weighted by molar-refractivity contribution is -0.136. The first-order valence-corrected chi connectivity index (χ1v) is 8.97. The summed E-state index contributed by atoms with van der Waals surface area (Å²) in [6.45, 7) is 6.01. The summed E-state index contributed by atoms with van der Waals surface area (Å²) in [5, 5.41) is 3.29. The number of ether oxygens (including phenoxy) is 1. The molecule has 0 bridgehead atoms. The summed E-state index contributed by atoms with van der Waals surface area (Å²) in [5.74, 6) is -0.848. The van der Waals surface area contributed by atoms with Gasteiger partial charge in [-0.05, 0) is 46.3 Å². The highest BCUT2D eigenvalue weighted by atomic mass is 79.9. The van der Waals surface area contributed by atoms with E-state index >= 15 is 0 Å². The number of dihydropyridines is 1. The van der Waals surface area contributed by atoms with E-state index in [1.807, 2.05) is 19.1 Å². The van der Waals surface area contributed by atoms with Crippen molar-refractivity contribution in [3.63, 3.8) is 0 Å². The van der Waals surface area contributed by atoms with E-state index in [2.05, 4.69) is 40.1 Å². The molecule has 6 heteroatoms. The number of halogens is 1. The van der Waals surface area contributed by atoms with Gasteiger partial charge < -0.3 is 10.1 Å². The minimum atomic E-state index is -0.477. The van der Waals surface area contributed by atoms with Crippen molar-refractivity contribution in [2.45, 2.75) is 39.5 Å². The third kappa shape index (κ3) is 3.15. The van der Waals surface area contributed by atoms with Crippen LogP contribution in [0.25, 0.3) is 0 Å². The lowest BCUT2D eigenvalue weighted by Crippen LogP contribution is -2.38. The first-order chi connectivity index (χ1) is 11.7. The molecule has 25 heavy (non-hydrogen) atoms. The predicted molar refractivity (Wildman–Crippen MR) is 97.6 cm³/mol. The van der Waals surface area contributed by atoms with E-state index in [1.54, 1.807) is 6.20 Å². The lowest BCUT2D eigenvalue weighted by atomic mass is 9.69. The topological polar surface area (TPSA) is 68.3 Å². The molecule has 3 rings (SSSR count). The van der Waals surface area contributed by atoms with Gasteiger partial charge in [0.25, 0.3) is 0 Å². The molecule has 1 aromatic rings. The van der Waals surface area contributed by atoms with Crippen molar-refractivity contribution in [2.24, 2.45) is 5.41 Å². The van der Waals surface area contributed by atoms with Gasteiger partial charge in [-0.25, -0.2) is 9.78 Å². The molecule has 0 saturated carbocycles. The molecule has 2 heterocycles. The molecule has 1 aliphatic carbocycles. The second-order valence-electron chi connectivity index (χ2n) is 7.30. The molecule has 0 radical (unpaired) electrons. The number of aromatic nitrogens is 1. The monoisotopic (exact) mass is 404 g/mol. The molecule has 0 aromatic carbocycles. The molecule has 2 aliphatic rings. The Balaban J connectivity index is 2.24. The number of pyridine rings is 1. The molecule has 1 atom stereocenters. The van der Waals surface area contributed by atoms with Crippen LogP contribution in [0.15, 0.2) is 45.5 Å². The predicted octanol–water partition coefficient (Wildman–Crippen LogP) is 3.62. The van der Waals surface area contributed by atoms with Crippen LogP contribution in [-0.4, -0.2) is 23.8 Å². The van der Waals surface area contributed by atoms with Crippen LogP contribution in [0.2, 0.25) is 0 Å². The van der Waals surface area contributed by atoms with Gasteiger partial charge in [-0.3, -0.25) is 4.79 Å². The van der Waals surface area contributed by atoms with Gasteiger partial charge in [-0.15, -0.1) is 0 Å². The summed E-state index contributed by atoms with van der Waals surface area (Å²) in [6, 6.07) is 3.70. The zero-order valence-corrected chi connectivity index (χ0v) is 16.4. The van der Waals surface area contributed by atoms with Crippen molar-refractivity contribution in [1.82, 2.24) is 10.3 Å². The lowest BCUT2D eigenvalue weighted by Gasteiger charge is -2.39. The van der Waals surface area contributed by atoms with Crippen LogP contribution in [0.5, 0.6) is 0 Å². The van der Waals surface area contributed by atoms with Crippen LogP contribution < -0.4 is 5.32 Å². The molecule has 0 saturated heterocycles. The van der Waals surface area contributed by atoms with Crippen molar-refractivity contribution < 1.29 is 14.3 Å². The van der Waals surface area contributed by atoms with Crippen LogP contribution in [0, 0.1) is 5.41 Å². The number of Topliss-reactive ketones (excluding diaryl/α,β-unsaturated/α-hetero) is 1. The summed E-state index contributed by atoms with van der Waals surface area (Å²) in [7, 11) is 1.35. The largest absolute Gasteiger partial charge is 0.466 e. The number of nitrogens with zero attached hydrogens (tertiary/aromatic N) is 1. The zero-order chi connectivity index (χ0) is 18.4. The van der Waals surface area contributed by atoms with Gasteiger partial charge in [-0.2, -0.15) is 0 Å². The molecule has 0 amide bonds. The van der Waals surface area contributed by atoms with Crippen molar-refractivity contribution >= 4 is 27.7 Å². The van der Waals surface area contributed by atoms with E-state index in [0.717, 1.165) is 23.4 Å². The average molecular weight is 405 g/mol. The number of hydrogen-bond donors (Lipinski definition) is 1. The van der Waals surface area contributed by atoms with E-state index < -0.39 is 11.9 Å². The average Bonchev–Trinajstić information content (AvgIpc) is 2.52. The molecular weight excluding hydrogens is 384 g/mol. The third-order valence-corrected chi connectivity index (χ3v) is 5.41. The van der Waals surface area contributed by atoms with Crippen LogP contribution in [-0.2, 0) is 14.3 Å². The highest BCUT2D eigenvalue weighted by Gasteiger charge is 2.43. The van der Waals surface area contributed by atoms with Gasteiger partial charge in [0.1, 0.15) is 4.60 Å². The Morgan fingerprint density at radius 3 is 2.76 bits per heavy atom. The Labute approximate surface area is 155 Å². The van der Waals surface area contributed by atoms with Gasteiger partial charge >= 0.3 is 5.97 Å². The van der Waals surface area contributed by atoms with Crippen molar-refractivity contribution in [3.8, 4) is 0 Å². The van der Waals surface area contributed by atoms with Crippen molar-refractivity contribution in [3.05, 3.63) is 51.0 Å². The maximum absolute atomic E-state index is 13.0. The summed E-state index contributed by atoms with van der Waals surface area (Å²) < 4.78 is 5.63. The molecule has 0 fully saturated rings. The molecule has 5 nitrogen and oxygen atoms in total. The van der Waals surface area contributed by atoms with E-state index in [9.17, 15) is 9.59 Å². The number of methoxy groups -OCH3 is 1. The number of nitrogens with one attached hydrogen (secondary N) is 1. The summed E-state index contributed by atoms with van der Waals surface area (Å²) in [4.78, 5) is 29.8. The molecule has 0 unspecified atom stereocenters. The Hall–Kier alpha value is -1.95. The number of carbonyl (C=O) groups excluding carboxylic acids is 2. The van der Waals surface area contributed by atoms with Gasteiger partial charge in [0.2, 0.25) is 0 Å². The summed E-state index contributed by atoms with van der Waals surface area (Å²) in [5.41, 5.74) is 3.42. The van der Waals surface area contributed by atoms with E-state index in [0.29, 0.717) is 22.2 Å². The fraction of sp³-hybridized carbons (Fsp3) is 0.421. The zero-order valence-electron chi connectivity index (χ0n) is 14.8. The molecule has 1 aliphatic heterocycles. The van der Waals surface area contributed by atoms with Crippen LogP contribution in [0.1, 0.15) is 45.1 Å². The number of ketones is 1. The highest BCUT2D eigenvalue weighted by Crippen LogP contribution is 2.47. The standard InChI is InChI=1S/C19H21BrN2O3/c1-10-14(18(24)25-4)15(11-6-5-7-21-17(11)20)16-12(22-10)8-19(2,3)9-13(16)23/h5-7,15,22H,8-9H2,1-4H3/t15-/m0/s1. The molecule has 1 N–H and O–H groups in total. The van der Waals surface area contributed by atoms with Crippen molar-refractivity contribution in [2.75, 3.05) is 7.11 Å². The maximum atomic E-state index is 13.0. The number of rotatable bonds is 2. The maximum Gasteiger partial charge on any atom is 0.336 e. The van der Waals surface area contributed by atoms with Gasteiger partial charge in [0.05, 0.1) is 18.6 Å². The third-order valence-electron chi connectivity index (χ3n) is 4.74. The Morgan fingerprint density at radius 2 is 2.12 bits per heavy atom. The van der Waals surface area contributed by atoms with Crippen LogP contribution in [0.4, 0.5) is 0 Å². The van der Waals surface area contributed by atoms with E-state index in [4.69, 9.17) is 4.74 Å². The van der Waals surface area contributed by atoms with Crippen LogP contribution in [0.3, 0.4) is 0 Å². The minimum absolute atomic E-state index is 0.0633. The van der Waals surface area contributed by atoms with Gasteiger partial charge in [-0.1, -0.05) is 19.9 Å². The number of allylic oxidation sites excluding steroid dienone is 3. The fourth-order valence-electron chi connectivity index (χ4n) is 3.74. The van der Waals surface area contributed by atoms with Gasteiger partial charge in [0, 0.05) is 29.6 Å². The van der Waals surface area contributed by atoms with E-state index in [-0.39, 0.29) is 11.2 Å². The fourth-order valence-corrected chi connectivity index (χ4v) is 4.22. The smallest absolute Gasteiger partial charge is 0.336 e. The number of esters is 1. The summed E-state index contributed by atoms with van der Waals surface area (Å²) >= 11 is 3.47. The summed E-state index contributed by atoms with van der Waals surface area (Å²) in [6.07, 6.45) is 2.88.